The molecule has 0 spiro atoms. The minimum atomic E-state index is -2.04. The van der Waals surface area contributed by atoms with Crippen molar-refractivity contribution in [2.24, 2.45) is 5.92 Å². The molecule has 5 atom stereocenters. The van der Waals surface area contributed by atoms with Crippen molar-refractivity contribution in [1.29, 1.82) is 0 Å². The van der Waals surface area contributed by atoms with Crippen LogP contribution in [0, 0.1) is 5.92 Å². The van der Waals surface area contributed by atoms with Crippen molar-refractivity contribution < 1.29 is 57.5 Å². The van der Waals surface area contributed by atoms with Crippen molar-refractivity contribution in [2.45, 2.75) is 70.6 Å². The van der Waals surface area contributed by atoms with E-state index in [-0.39, 0.29) is 25.7 Å². The van der Waals surface area contributed by atoms with Gasteiger partial charge in [-0.15, -0.1) is 0 Å². The molecular formula is C33H39NO12. The Morgan fingerprint density at radius 3 is 1.96 bits per heavy atom. The van der Waals surface area contributed by atoms with E-state index in [1.165, 1.54) is 0 Å². The summed E-state index contributed by atoms with van der Waals surface area (Å²) in [7, 11) is 0. The topological polar surface area (TPSA) is 173 Å². The maximum absolute atomic E-state index is 12.5. The normalized spacial score (nSPS) is 21.9. The highest BCUT2D eigenvalue weighted by atomic mass is 16.7. The molecular weight excluding hydrogens is 602 g/mol. The molecule has 13 nitrogen and oxygen atoms in total. The van der Waals surface area contributed by atoms with Gasteiger partial charge in [-0.2, -0.15) is 0 Å². The number of nitrogens with one attached hydrogen (secondary N) is 1. The smallest absolute Gasteiger partial charge is 0.407 e. The Hall–Kier alpha value is -4.49. The molecule has 2 N–H and O–H groups in total. The highest BCUT2D eigenvalue weighted by molar-refractivity contribution is 5.79. The highest BCUT2D eigenvalue weighted by Gasteiger charge is 2.73. The number of carbonyl (C=O) groups excluding carboxylic acids is 5. The number of rotatable bonds is 14. The summed E-state index contributed by atoms with van der Waals surface area (Å²) < 4.78 is 32.3. The van der Waals surface area contributed by atoms with E-state index in [2.05, 4.69) is 17.4 Å². The van der Waals surface area contributed by atoms with Gasteiger partial charge in [-0.05, 0) is 35.1 Å². The lowest BCUT2D eigenvalue weighted by Gasteiger charge is -2.57. The molecule has 2 aliphatic carbocycles. The van der Waals surface area contributed by atoms with Crippen molar-refractivity contribution in [1.82, 2.24) is 5.32 Å². The van der Waals surface area contributed by atoms with Crippen LogP contribution < -0.4 is 5.32 Å². The average Bonchev–Trinajstić information content (AvgIpc) is 3.32. The maximum atomic E-state index is 12.5. The fourth-order valence-corrected chi connectivity index (χ4v) is 6.07. The molecule has 2 aliphatic rings. The number of esters is 4. The van der Waals surface area contributed by atoms with Gasteiger partial charge >= 0.3 is 30.0 Å². The third kappa shape index (κ3) is 7.65. The van der Waals surface area contributed by atoms with Crippen LogP contribution in [0.1, 0.15) is 57.6 Å². The van der Waals surface area contributed by atoms with Gasteiger partial charge in [0.2, 0.25) is 5.60 Å². The second-order valence-corrected chi connectivity index (χ2v) is 11.1. The predicted octanol–water partition coefficient (Wildman–Crippen LogP) is 3.00. The molecule has 13 heteroatoms. The van der Waals surface area contributed by atoms with E-state index in [1.54, 1.807) is 0 Å². The Balaban J connectivity index is 1.29. The molecule has 0 heterocycles. The predicted molar refractivity (Wildman–Crippen MR) is 160 cm³/mol. The monoisotopic (exact) mass is 641 g/mol. The second kappa shape index (κ2) is 15.2. The molecule has 0 radical (unpaired) electrons. The van der Waals surface area contributed by atoms with Crippen LogP contribution in [0.4, 0.5) is 4.79 Å². The van der Waals surface area contributed by atoms with Crippen molar-refractivity contribution in [3.63, 3.8) is 0 Å². The van der Waals surface area contributed by atoms with Gasteiger partial charge in [0.05, 0.1) is 5.92 Å². The van der Waals surface area contributed by atoms with E-state index in [0.29, 0.717) is 12.8 Å². The number of hydrogen-bond donors (Lipinski definition) is 2. The molecule has 1 fully saturated rings. The molecule has 0 aliphatic heterocycles. The lowest BCUT2D eigenvalue weighted by Crippen LogP contribution is -2.79. The van der Waals surface area contributed by atoms with Gasteiger partial charge in [0.25, 0.3) is 0 Å². The number of carbonyl (C=O) groups is 5. The molecule has 1 saturated carbocycles. The van der Waals surface area contributed by atoms with Crippen molar-refractivity contribution in [3.8, 4) is 11.1 Å². The van der Waals surface area contributed by atoms with Crippen molar-refractivity contribution in [2.75, 3.05) is 26.4 Å². The Kier molecular flexibility index (Phi) is 11.4. The molecule has 1 amide bonds. The van der Waals surface area contributed by atoms with E-state index in [1.807, 2.05) is 36.4 Å². The number of ether oxygens (including phenoxy) is 6. The zero-order valence-corrected chi connectivity index (χ0v) is 26.2. The van der Waals surface area contributed by atoms with Crippen LogP contribution in [-0.2, 0) is 47.6 Å². The Labute approximate surface area is 266 Å². The summed E-state index contributed by atoms with van der Waals surface area (Å²) >= 11 is 0. The average molecular weight is 642 g/mol. The fourth-order valence-electron chi connectivity index (χ4n) is 6.07. The lowest BCUT2D eigenvalue weighted by atomic mass is 9.63. The van der Waals surface area contributed by atoms with Gasteiger partial charge < -0.3 is 38.8 Å². The van der Waals surface area contributed by atoms with Crippen LogP contribution in [0.3, 0.4) is 0 Å². The molecule has 0 bridgehead atoms. The summed E-state index contributed by atoms with van der Waals surface area (Å²) in [6, 6.07) is 16.1. The first-order chi connectivity index (χ1) is 22.0. The molecule has 2 aromatic carbocycles. The molecule has 5 unspecified atom stereocenters. The fraction of sp³-hybridized carbons (Fsp3) is 0.485. The largest absolute Gasteiger partial charge is 0.465 e. The minimum Gasteiger partial charge on any atom is -0.465 e. The Bertz CT molecular complexity index is 1400. The van der Waals surface area contributed by atoms with Crippen molar-refractivity contribution >= 4 is 30.0 Å². The molecule has 2 aromatic rings. The van der Waals surface area contributed by atoms with Crippen LogP contribution in [0.25, 0.3) is 11.1 Å². The van der Waals surface area contributed by atoms with Crippen LogP contribution in [0.15, 0.2) is 48.5 Å². The molecule has 4 rings (SSSR count). The number of alkyl carbamates (subject to hydrolysis) is 1. The van der Waals surface area contributed by atoms with Gasteiger partial charge in [-0.25, -0.2) is 4.79 Å². The number of hydrogen-bond acceptors (Lipinski definition) is 12. The lowest BCUT2D eigenvalue weighted by molar-refractivity contribution is -0.352. The quantitative estimate of drug-likeness (QED) is 0.134. The number of aliphatic hydroxyl groups excluding tert-OH is 1. The zero-order chi connectivity index (χ0) is 33.4. The summed E-state index contributed by atoms with van der Waals surface area (Å²) in [5.41, 5.74) is 2.44. The molecule has 248 valence electrons. The Morgan fingerprint density at radius 2 is 1.39 bits per heavy atom. The number of aliphatic hydroxyl groups is 1. The summed E-state index contributed by atoms with van der Waals surface area (Å²) in [4.78, 5) is 59.8. The number of benzene rings is 2. The number of unbranched alkanes of at least 4 members (excludes halogenated alkanes) is 1. The SMILES string of the molecule is CC(=O)OCC1C(OC(C)=O)C(OC(C)=O)C1(OC(C)=O)C(O)OCCCCNC(=O)OCC1c2ccccc2-c2ccccc21. The molecule has 46 heavy (non-hydrogen) atoms. The molecule has 0 aromatic heterocycles. The highest BCUT2D eigenvalue weighted by Crippen LogP contribution is 2.49. The van der Waals surface area contributed by atoms with Crippen LogP contribution >= 0.6 is 0 Å². The van der Waals surface area contributed by atoms with Crippen LogP contribution in [0.2, 0.25) is 0 Å². The van der Waals surface area contributed by atoms with Gasteiger partial charge in [-0.3, -0.25) is 19.2 Å². The van der Waals surface area contributed by atoms with Gasteiger partial charge in [0.1, 0.15) is 13.2 Å². The third-order valence-corrected chi connectivity index (χ3v) is 7.95. The maximum Gasteiger partial charge on any atom is 0.407 e. The second-order valence-electron chi connectivity index (χ2n) is 11.1. The third-order valence-electron chi connectivity index (χ3n) is 7.95. The summed E-state index contributed by atoms with van der Waals surface area (Å²) in [5, 5.41) is 13.8. The van der Waals surface area contributed by atoms with E-state index >= 15 is 0 Å². The summed E-state index contributed by atoms with van der Waals surface area (Å²) in [5.74, 6) is -4.22. The summed E-state index contributed by atoms with van der Waals surface area (Å²) in [6.07, 6.45) is -4.26. The zero-order valence-electron chi connectivity index (χ0n) is 26.2. The minimum absolute atomic E-state index is 0.0537. The summed E-state index contributed by atoms with van der Waals surface area (Å²) in [6.45, 7) is 4.41. The van der Waals surface area contributed by atoms with E-state index in [9.17, 15) is 29.1 Å². The van der Waals surface area contributed by atoms with E-state index in [0.717, 1.165) is 49.9 Å². The first-order valence-electron chi connectivity index (χ1n) is 15.0. The molecule has 0 saturated heterocycles. The van der Waals surface area contributed by atoms with Gasteiger partial charge in [-0.1, -0.05) is 48.5 Å². The number of amides is 1. The first kappa shape index (κ1) is 34.4. The first-order valence-corrected chi connectivity index (χ1v) is 15.0. The standard InChI is InChI=1S/C33H39NO12/c1-19(35)42-18-28-29(44-20(2)36)30(45-21(3)37)33(28,46-22(4)38)31(39)41-16-10-9-15-34-32(40)43-17-27-25-13-7-5-11-23(25)24-12-6-8-14-26(24)27/h5-8,11-14,27-31,39H,9-10,15-18H2,1-4H3,(H,34,40). The van der Waals surface area contributed by atoms with Crippen molar-refractivity contribution in [3.05, 3.63) is 59.7 Å². The number of fused-ring (bicyclic) bond motifs is 3. The van der Waals surface area contributed by atoms with Gasteiger partial charge in [0.15, 0.2) is 18.5 Å². The van der Waals surface area contributed by atoms with Gasteiger partial charge in [0, 0.05) is 46.8 Å². The van der Waals surface area contributed by atoms with Crippen LogP contribution in [-0.4, -0.2) is 85.5 Å². The van der Waals surface area contributed by atoms with E-state index < -0.39 is 66.6 Å². The Morgan fingerprint density at radius 1 is 0.783 bits per heavy atom. The van der Waals surface area contributed by atoms with E-state index in [4.69, 9.17) is 28.4 Å². The van der Waals surface area contributed by atoms with Crippen LogP contribution in [0.5, 0.6) is 0 Å².